The number of likely N-dealkylation sites (tertiary alicyclic amines) is 1. The molecule has 1 aromatic rings. The number of amides is 1. The first kappa shape index (κ1) is 15.4. The third kappa shape index (κ3) is 3.97. The minimum Gasteiger partial charge on any atom is -0.507 e. The molecule has 0 spiro atoms. The number of carbonyl (C=O) groups is 2. The minimum atomic E-state index is -0.681. The van der Waals surface area contributed by atoms with Crippen LogP contribution in [0.2, 0.25) is 0 Å². The number of carbonyl (C=O) groups excluding carboxylic acids is 2. The van der Waals surface area contributed by atoms with Crippen LogP contribution in [0.15, 0.2) is 24.3 Å². The molecule has 1 heterocycles. The minimum absolute atomic E-state index is 0.0747. The SMILES string of the molecule is C[C@H]1C[C@H](C)CN(C(=O)COC(=O)c2ccccc2O)C1. The summed E-state index contributed by atoms with van der Waals surface area (Å²) in [6.45, 7) is 5.36. The lowest BCUT2D eigenvalue weighted by Gasteiger charge is -2.34. The number of ether oxygens (including phenoxy) is 1. The first-order valence-corrected chi connectivity index (χ1v) is 7.20. The number of nitrogens with zero attached hydrogens (tertiary/aromatic N) is 1. The molecule has 2 rings (SSSR count). The summed E-state index contributed by atoms with van der Waals surface area (Å²) in [5, 5.41) is 9.57. The Balaban J connectivity index is 1.89. The Morgan fingerprint density at radius 2 is 1.86 bits per heavy atom. The van der Waals surface area contributed by atoms with Gasteiger partial charge in [0.25, 0.3) is 5.91 Å². The maximum atomic E-state index is 12.1. The van der Waals surface area contributed by atoms with E-state index in [4.69, 9.17) is 4.74 Å². The summed E-state index contributed by atoms with van der Waals surface area (Å²) in [4.78, 5) is 25.7. The fourth-order valence-electron chi connectivity index (χ4n) is 2.81. The van der Waals surface area contributed by atoms with Crippen LogP contribution in [0.1, 0.15) is 30.6 Å². The van der Waals surface area contributed by atoms with Gasteiger partial charge in [0.15, 0.2) is 6.61 Å². The molecule has 21 heavy (non-hydrogen) atoms. The Morgan fingerprint density at radius 3 is 2.48 bits per heavy atom. The quantitative estimate of drug-likeness (QED) is 0.866. The highest BCUT2D eigenvalue weighted by Crippen LogP contribution is 2.21. The third-order valence-corrected chi connectivity index (χ3v) is 3.67. The number of phenols is 1. The first-order valence-electron chi connectivity index (χ1n) is 7.20. The van der Waals surface area contributed by atoms with Crippen LogP contribution in [0, 0.1) is 11.8 Å². The Bertz CT molecular complexity index is 519. The van der Waals surface area contributed by atoms with E-state index in [0.717, 1.165) is 6.42 Å². The fraction of sp³-hybridized carbons (Fsp3) is 0.500. The van der Waals surface area contributed by atoms with Gasteiger partial charge in [-0.05, 0) is 30.4 Å². The molecule has 1 aliphatic rings. The van der Waals surface area contributed by atoms with Crippen molar-refractivity contribution in [2.45, 2.75) is 20.3 Å². The van der Waals surface area contributed by atoms with Crippen LogP contribution in [0.5, 0.6) is 5.75 Å². The van der Waals surface area contributed by atoms with Gasteiger partial charge in [-0.3, -0.25) is 4.79 Å². The van der Waals surface area contributed by atoms with Crippen molar-refractivity contribution in [3.63, 3.8) is 0 Å². The Morgan fingerprint density at radius 1 is 1.24 bits per heavy atom. The summed E-state index contributed by atoms with van der Waals surface area (Å²) in [6, 6.07) is 6.12. The van der Waals surface area contributed by atoms with Crippen molar-refractivity contribution in [1.29, 1.82) is 0 Å². The zero-order valence-corrected chi connectivity index (χ0v) is 12.4. The zero-order valence-electron chi connectivity index (χ0n) is 12.4. The van der Waals surface area contributed by atoms with Gasteiger partial charge in [0, 0.05) is 13.1 Å². The molecular weight excluding hydrogens is 270 g/mol. The summed E-state index contributed by atoms with van der Waals surface area (Å²) in [5.41, 5.74) is 0.0747. The second-order valence-corrected chi connectivity index (χ2v) is 5.84. The molecule has 0 aliphatic carbocycles. The molecular formula is C16H21NO4. The number of para-hydroxylation sites is 1. The number of rotatable bonds is 3. The van der Waals surface area contributed by atoms with Crippen molar-refractivity contribution in [2.75, 3.05) is 19.7 Å². The van der Waals surface area contributed by atoms with Gasteiger partial charge in [-0.1, -0.05) is 26.0 Å². The summed E-state index contributed by atoms with van der Waals surface area (Å²) >= 11 is 0. The number of hydrogen-bond donors (Lipinski definition) is 1. The van der Waals surface area contributed by atoms with Gasteiger partial charge in [-0.15, -0.1) is 0 Å². The monoisotopic (exact) mass is 291 g/mol. The van der Waals surface area contributed by atoms with Crippen molar-refractivity contribution < 1.29 is 19.4 Å². The molecule has 2 atom stereocenters. The molecule has 0 aromatic heterocycles. The van der Waals surface area contributed by atoms with Gasteiger partial charge in [0.1, 0.15) is 11.3 Å². The van der Waals surface area contributed by atoms with Crippen LogP contribution in [0.25, 0.3) is 0 Å². The zero-order chi connectivity index (χ0) is 15.4. The summed E-state index contributed by atoms with van der Waals surface area (Å²) < 4.78 is 5.00. The molecule has 1 fully saturated rings. The first-order chi connectivity index (χ1) is 9.97. The molecule has 0 unspecified atom stereocenters. The van der Waals surface area contributed by atoms with Crippen molar-refractivity contribution in [3.8, 4) is 5.75 Å². The van der Waals surface area contributed by atoms with E-state index < -0.39 is 5.97 Å². The molecule has 5 heteroatoms. The van der Waals surface area contributed by atoms with E-state index in [9.17, 15) is 14.7 Å². The average molecular weight is 291 g/mol. The second kappa shape index (κ2) is 6.61. The maximum Gasteiger partial charge on any atom is 0.342 e. The number of piperidine rings is 1. The third-order valence-electron chi connectivity index (χ3n) is 3.67. The predicted octanol–water partition coefficient (Wildman–Crippen LogP) is 2.05. The largest absolute Gasteiger partial charge is 0.507 e. The summed E-state index contributed by atoms with van der Waals surface area (Å²) in [6.07, 6.45) is 1.11. The number of aromatic hydroxyl groups is 1. The Labute approximate surface area is 124 Å². The van der Waals surface area contributed by atoms with Crippen LogP contribution >= 0.6 is 0 Å². The number of benzene rings is 1. The van der Waals surface area contributed by atoms with Crippen LogP contribution < -0.4 is 0 Å². The fourth-order valence-corrected chi connectivity index (χ4v) is 2.81. The topological polar surface area (TPSA) is 66.8 Å². The number of hydrogen-bond acceptors (Lipinski definition) is 4. The van der Waals surface area contributed by atoms with E-state index in [0.29, 0.717) is 24.9 Å². The van der Waals surface area contributed by atoms with Crippen LogP contribution in [-0.4, -0.2) is 41.6 Å². The van der Waals surface area contributed by atoms with E-state index in [1.807, 2.05) is 0 Å². The highest BCUT2D eigenvalue weighted by Gasteiger charge is 2.26. The molecule has 1 N–H and O–H groups in total. The smallest absolute Gasteiger partial charge is 0.342 e. The van der Waals surface area contributed by atoms with E-state index in [-0.39, 0.29) is 23.8 Å². The molecule has 1 saturated heterocycles. The normalized spacial score (nSPS) is 21.9. The van der Waals surface area contributed by atoms with E-state index in [1.54, 1.807) is 17.0 Å². The molecule has 5 nitrogen and oxygen atoms in total. The lowest BCUT2D eigenvalue weighted by molar-refractivity contribution is -0.137. The van der Waals surface area contributed by atoms with E-state index in [2.05, 4.69) is 13.8 Å². The standard InChI is InChI=1S/C16H21NO4/c1-11-7-12(2)9-17(8-11)15(19)10-21-16(20)13-5-3-4-6-14(13)18/h3-6,11-12,18H,7-10H2,1-2H3/t11-,12-/m0/s1. The van der Waals surface area contributed by atoms with Crippen LogP contribution in [0.3, 0.4) is 0 Å². The molecule has 1 aromatic carbocycles. The van der Waals surface area contributed by atoms with Crippen LogP contribution in [-0.2, 0) is 9.53 Å². The maximum absolute atomic E-state index is 12.1. The van der Waals surface area contributed by atoms with Gasteiger partial charge < -0.3 is 14.7 Å². The molecule has 114 valence electrons. The number of esters is 1. The van der Waals surface area contributed by atoms with Crippen molar-refractivity contribution in [3.05, 3.63) is 29.8 Å². The van der Waals surface area contributed by atoms with Crippen molar-refractivity contribution >= 4 is 11.9 Å². The molecule has 1 aliphatic heterocycles. The molecule has 0 bridgehead atoms. The van der Waals surface area contributed by atoms with Gasteiger partial charge in [-0.25, -0.2) is 4.79 Å². The van der Waals surface area contributed by atoms with Gasteiger partial charge in [0.05, 0.1) is 0 Å². The molecule has 1 amide bonds. The highest BCUT2D eigenvalue weighted by molar-refractivity contribution is 5.93. The van der Waals surface area contributed by atoms with Gasteiger partial charge in [0.2, 0.25) is 0 Å². The lowest BCUT2D eigenvalue weighted by Crippen LogP contribution is -2.44. The molecule has 0 saturated carbocycles. The molecule has 0 radical (unpaired) electrons. The highest BCUT2D eigenvalue weighted by atomic mass is 16.5. The second-order valence-electron chi connectivity index (χ2n) is 5.84. The average Bonchev–Trinajstić information content (AvgIpc) is 2.43. The summed E-state index contributed by atoms with van der Waals surface area (Å²) in [7, 11) is 0. The van der Waals surface area contributed by atoms with Crippen molar-refractivity contribution in [1.82, 2.24) is 4.90 Å². The van der Waals surface area contributed by atoms with Gasteiger partial charge >= 0.3 is 5.97 Å². The predicted molar refractivity (Wildman–Crippen MR) is 77.9 cm³/mol. The van der Waals surface area contributed by atoms with Crippen LogP contribution in [0.4, 0.5) is 0 Å². The Hall–Kier alpha value is -2.04. The number of phenolic OH excluding ortho intramolecular Hbond substituents is 1. The van der Waals surface area contributed by atoms with Gasteiger partial charge in [-0.2, -0.15) is 0 Å². The lowest BCUT2D eigenvalue weighted by atomic mass is 9.92. The Kier molecular flexibility index (Phi) is 4.83. The van der Waals surface area contributed by atoms with E-state index >= 15 is 0 Å². The van der Waals surface area contributed by atoms with E-state index in [1.165, 1.54) is 12.1 Å². The van der Waals surface area contributed by atoms with Crippen molar-refractivity contribution in [2.24, 2.45) is 11.8 Å². The summed E-state index contributed by atoms with van der Waals surface area (Å²) in [5.74, 6) is -0.0787.